The van der Waals surface area contributed by atoms with Crippen LogP contribution >= 0.6 is 0 Å². The fraction of sp³-hybridized carbons (Fsp3) is 0.333. The second-order valence-electron chi connectivity index (χ2n) is 2.84. The van der Waals surface area contributed by atoms with Gasteiger partial charge in [-0.1, -0.05) is 12.1 Å². The summed E-state index contributed by atoms with van der Waals surface area (Å²) < 4.78 is 0. The Balaban J connectivity index is 3.17. The lowest BCUT2D eigenvalue weighted by molar-refractivity contribution is 0.471. The van der Waals surface area contributed by atoms with Crippen LogP contribution in [0.4, 0.5) is 5.69 Å². The lowest BCUT2D eigenvalue weighted by atomic mass is 10.2. The second kappa shape index (κ2) is 2.82. The molecule has 0 aliphatic heterocycles. The molecule has 1 N–H and O–H groups in total. The lowest BCUT2D eigenvalue weighted by Crippen LogP contribution is -2.08. The molecule has 0 radical (unpaired) electrons. The smallest absolute Gasteiger partial charge is 0.141 e. The topological polar surface area (TPSA) is 23.5 Å². The first-order valence-electron chi connectivity index (χ1n) is 3.59. The van der Waals surface area contributed by atoms with Crippen molar-refractivity contribution in [1.29, 1.82) is 0 Å². The molecular weight excluding hydrogens is 138 g/mol. The third-order valence-electron chi connectivity index (χ3n) is 1.70. The lowest BCUT2D eigenvalue weighted by Gasteiger charge is -2.14. The number of aromatic hydroxyl groups is 1. The fourth-order valence-corrected chi connectivity index (χ4v) is 1.00. The van der Waals surface area contributed by atoms with Gasteiger partial charge in [-0.3, -0.25) is 0 Å². The van der Waals surface area contributed by atoms with E-state index in [1.54, 1.807) is 0 Å². The molecule has 11 heavy (non-hydrogen) atoms. The SMILES string of the molecule is Cc1cccc(N(C)C)c1O. The largest absolute Gasteiger partial charge is 0.505 e. The molecule has 60 valence electrons. The Morgan fingerprint density at radius 2 is 1.91 bits per heavy atom. The number of rotatable bonds is 1. The van der Waals surface area contributed by atoms with Gasteiger partial charge in [0.05, 0.1) is 5.69 Å². The zero-order chi connectivity index (χ0) is 8.43. The van der Waals surface area contributed by atoms with E-state index >= 15 is 0 Å². The molecule has 0 saturated heterocycles. The van der Waals surface area contributed by atoms with Gasteiger partial charge in [0, 0.05) is 14.1 Å². The molecule has 0 aliphatic rings. The van der Waals surface area contributed by atoms with Crippen molar-refractivity contribution in [3.05, 3.63) is 23.8 Å². The van der Waals surface area contributed by atoms with E-state index in [1.165, 1.54) is 0 Å². The van der Waals surface area contributed by atoms with Crippen LogP contribution in [-0.2, 0) is 0 Å². The van der Waals surface area contributed by atoms with E-state index in [4.69, 9.17) is 0 Å². The third kappa shape index (κ3) is 1.45. The summed E-state index contributed by atoms with van der Waals surface area (Å²) in [6.45, 7) is 1.89. The van der Waals surface area contributed by atoms with Crippen molar-refractivity contribution >= 4 is 5.69 Å². The van der Waals surface area contributed by atoms with Gasteiger partial charge in [0.15, 0.2) is 0 Å². The molecule has 0 spiro atoms. The Hall–Kier alpha value is -1.18. The van der Waals surface area contributed by atoms with Gasteiger partial charge in [0.25, 0.3) is 0 Å². The molecule has 0 aliphatic carbocycles. The van der Waals surface area contributed by atoms with Crippen LogP contribution in [0.2, 0.25) is 0 Å². The van der Waals surface area contributed by atoms with Crippen molar-refractivity contribution < 1.29 is 5.11 Å². The van der Waals surface area contributed by atoms with E-state index < -0.39 is 0 Å². The summed E-state index contributed by atoms with van der Waals surface area (Å²) in [4.78, 5) is 1.89. The van der Waals surface area contributed by atoms with Crippen molar-refractivity contribution in [2.24, 2.45) is 0 Å². The highest BCUT2D eigenvalue weighted by Gasteiger charge is 2.03. The minimum atomic E-state index is 0.373. The highest BCUT2D eigenvalue weighted by molar-refractivity contribution is 5.59. The maximum Gasteiger partial charge on any atom is 0.141 e. The van der Waals surface area contributed by atoms with E-state index in [1.807, 2.05) is 44.1 Å². The number of benzene rings is 1. The van der Waals surface area contributed by atoms with Gasteiger partial charge in [0.2, 0.25) is 0 Å². The standard InChI is InChI=1S/C9H13NO/c1-7-5-4-6-8(9(7)11)10(2)3/h4-6,11H,1-3H3. The summed E-state index contributed by atoms with van der Waals surface area (Å²) in [6, 6.07) is 5.72. The average molecular weight is 151 g/mol. The number of anilines is 1. The fourth-order valence-electron chi connectivity index (χ4n) is 1.00. The van der Waals surface area contributed by atoms with Gasteiger partial charge < -0.3 is 10.0 Å². The number of phenolic OH excluding ortho intramolecular Hbond substituents is 1. The van der Waals surface area contributed by atoms with Gasteiger partial charge >= 0.3 is 0 Å². The molecular formula is C9H13NO. The molecule has 0 saturated carbocycles. The number of nitrogens with zero attached hydrogens (tertiary/aromatic N) is 1. The molecule has 0 atom stereocenters. The Morgan fingerprint density at radius 1 is 1.27 bits per heavy atom. The van der Waals surface area contributed by atoms with Gasteiger partial charge in [-0.2, -0.15) is 0 Å². The molecule has 2 heteroatoms. The molecule has 0 bridgehead atoms. The predicted molar refractivity (Wildman–Crippen MR) is 47.2 cm³/mol. The summed E-state index contributed by atoms with van der Waals surface area (Å²) >= 11 is 0. The predicted octanol–water partition coefficient (Wildman–Crippen LogP) is 1.77. The van der Waals surface area contributed by atoms with Crippen molar-refractivity contribution in [1.82, 2.24) is 0 Å². The van der Waals surface area contributed by atoms with Gasteiger partial charge in [0.1, 0.15) is 5.75 Å². The Kier molecular flexibility index (Phi) is 2.03. The van der Waals surface area contributed by atoms with Crippen LogP contribution in [0.25, 0.3) is 0 Å². The number of phenols is 1. The summed E-state index contributed by atoms with van der Waals surface area (Å²) in [5.74, 6) is 0.373. The zero-order valence-electron chi connectivity index (χ0n) is 7.13. The maximum absolute atomic E-state index is 9.53. The Bertz CT molecular complexity index is 256. The number of hydrogen-bond acceptors (Lipinski definition) is 2. The Morgan fingerprint density at radius 3 is 2.36 bits per heavy atom. The van der Waals surface area contributed by atoms with Gasteiger partial charge in [-0.25, -0.2) is 0 Å². The van der Waals surface area contributed by atoms with Crippen molar-refractivity contribution in [2.45, 2.75) is 6.92 Å². The van der Waals surface area contributed by atoms with E-state index in [9.17, 15) is 5.11 Å². The summed E-state index contributed by atoms with van der Waals surface area (Å²) in [5.41, 5.74) is 1.78. The van der Waals surface area contributed by atoms with Crippen molar-refractivity contribution in [3.63, 3.8) is 0 Å². The first-order chi connectivity index (χ1) is 5.13. The highest BCUT2D eigenvalue weighted by atomic mass is 16.3. The molecule has 0 amide bonds. The summed E-state index contributed by atoms with van der Waals surface area (Å²) in [7, 11) is 3.82. The van der Waals surface area contributed by atoms with Crippen LogP contribution in [0.5, 0.6) is 5.75 Å². The van der Waals surface area contributed by atoms with Crippen LogP contribution in [0, 0.1) is 6.92 Å². The van der Waals surface area contributed by atoms with E-state index in [2.05, 4.69) is 0 Å². The monoisotopic (exact) mass is 151 g/mol. The molecule has 0 fully saturated rings. The second-order valence-corrected chi connectivity index (χ2v) is 2.84. The molecule has 1 rings (SSSR count). The van der Waals surface area contributed by atoms with E-state index in [0.717, 1.165) is 11.3 Å². The highest BCUT2D eigenvalue weighted by Crippen LogP contribution is 2.28. The quantitative estimate of drug-likeness (QED) is 0.661. The molecule has 0 unspecified atom stereocenters. The third-order valence-corrected chi connectivity index (χ3v) is 1.70. The average Bonchev–Trinajstić information content (AvgIpc) is 1.94. The van der Waals surface area contributed by atoms with Gasteiger partial charge in [-0.15, -0.1) is 0 Å². The van der Waals surface area contributed by atoms with Crippen LogP contribution in [0.15, 0.2) is 18.2 Å². The molecule has 0 aromatic heterocycles. The zero-order valence-corrected chi connectivity index (χ0v) is 7.13. The Labute approximate surface area is 67.1 Å². The molecule has 2 nitrogen and oxygen atoms in total. The summed E-state index contributed by atoms with van der Waals surface area (Å²) in [6.07, 6.45) is 0. The van der Waals surface area contributed by atoms with Crippen molar-refractivity contribution in [2.75, 3.05) is 19.0 Å². The number of aryl methyl sites for hydroxylation is 1. The van der Waals surface area contributed by atoms with Gasteiger partial charge in [-0.05, 0) is 18.6 Å². The van der Waals surface area contributed by atoms with Crippen LogP contribution < -0.4 is 4.90 Å². The number of para-hydroxylation sites is 1. The molecule has 1 aromatic rings. The minimum Gasteiger partial charge on any atom is -0.505 e. The first-order valence-corrected chi connectivity index (χ1v) is 3.59. The van der Waals surface area contributed by atoms with Crippen molar-refractivity contribution in [3.8, 4) is 5.75 Å². The number of hydrogen-bond donors (Lipinski definition) is 1. The minimum absolute atomic E-state index is 0.373. The van der Waals surface area contributed by atoms with E-state index in [0.29, 0.717) is 5.75 Å². The molecule has 1 aromatic carbocycles. The van der Waals surface area contributed by atoms with Crippen LogP contribution in [0.1, 0.15) is 5.56 Å². The normalized spacial score (nSPS) is 9.73. The van der Waals surface area contributed by atoms with Crippen LogP contribution in [-0.4, -0.2) is 19.2 Å². The first kappa shape index (κ1) is 7.92. The molecule has 0 heterocycles. The van der Waals surface area contributed by atoms with E-state index in [-0.39, 0.29) is 0 Å². The maximum atomic E-state index is 9.53. The summed E-state index contributed by atoms with van der Waals surface area (Å²) in [5, 5.41) is 9.53. The van der Waals surface area contributed by atoms with Crippen LogP contribution in [0.3, 0.4) is 0 Å².